The Labute approximate surface area is 186 Å². The zero-order chi connectivity index (χ0) is 20.1. The lowest BCUT2D eigenvalue weighted by atomic mass is 10.1. The summed E-state index contributed by atoms with van der Waals surface area (Å²) in [7, 11) is 1.74. The van der Waals surface area contributed by atoms with Crippen LogP contribution in [0.1, 0.15) is 39.7 Å². The van der Waals surface area contributed by atoms with E-state index in [1.54, 1.807) is 7.05 Å². The lowest BCUT2D eigenvalue weighted by Crippen LogP contribution is -2.40. The van der Waals surface area contributed by atoms with E-state index < -0.39 is 11.7 Å². The Morgan fingerprint density at radius 1 is 1.07 bits per heavy atom. The van der Waals surface area contributed by atoms with E-state index in [0.29, 0.717) is 19.7 Å². The van der Waals surface area contributed by atoms with E-state index in [1.807, 2.05) is 45.9 Å². The first-order valence-corrected chi connectivity index (χ1v) is 9.47. The van der Waals surface area contributed by atoms with Crippen molar-refractivity contribution >= 4 is 36.0 Å². The summed E-state index contributed by atoms with van der Waals surface area (Å²) in [6.45, 7) is 10.2. The Kier molecular flexibility index (Phi) is 13.4. The van der Waals surface area contributed by atoms with Crippen LogP contribution in [0.15, 0.2) is 29.3 Å². The molecule has 0 heterocycles. The second kappa shape index (κ2) is 14.3. The van der Waals surface area contributed by atoms with Gasteiger partial charge in [0.05, 0.1) is 6.61 Å². The molecule has 0 saturated heterocycles. The van der Waals surface area contributed by atoms with Gasteiger partial charge in [-0.25, -0.2) is 4.79 Å². The molecule has 1 aromatic carbocycles. The van der Waals surface area contributed by atoms with Crippen LogP contribution < -0.4 is 20.7 Å². The number of para-hydroxylation sites is 1. The number of benzene rings is 1. The number of rotatable bonds is 9. The SMILES string of the molecule is CCOc1ccccc1CCNC(=NC)NCCCNC(=O)OC(C)(C)C.I. The second-order valence-corrected chi connectivity index (χ2v) is 7.00. The molecule has 8 heteroatoms. The normalized spacial score (nSPS) is 11.2. The van der Waals surface area contributed by atoms with Gasteiger partial charge in [-0.15, -0.1) is 24.0 Å². The third-order valence-electron chi connectivity index (χ3n) is 3.50. The molecule has 0 saturated carbocycles. The van der Waals surface area contributed by atoms with Crippen molar-refractivity contribution in [2.45, 2.75) is 46.1 Å². The molecule has 0 radical (unpaired) electrons. The molecule has 0 atom stereocenters. The molecule has 1 aromatic rings. The molecule has 160 valence electrons. The Bertz CT molecular complexity index is 603. The van der Waals surface area contributed by atoms with Crippen LogP contribution in [-0.4, -0.2) is 50.9 Å². The number of carbonyl (C=O) groups is 1. The zero-order valence-corrected chi connectivity index (χ0v) is 20.0. The largest absolute Gasteiger partial charge is 0.494 e. The minimum atomic E-state index is -0.477. The van der Waals surface area contributed by atoms with Crippen LogP contribution in [0.2, 0.25) is 0 Å². The van der Waals surface area contributed by atoms with Gasteiger partial charge in [0.1, 0.15) is 11.4 Å². The summed E-state index contributed by atoms with van der Waals surface area (Å²) in [5, 5.41) is 9.26. The minimum Gasteiger partial charge on any atom is -0.494 e. The molecule has 0 aromatic heterocycles. The smallest absolute Gasteiger partial charge is 0.407 e. The third kappa shape index (κ3) is 11.9. The van der Waals surface area contributed by atoms with Crippen LogP contribution in [0.4, 0.5) is 4.79 Å². The predicted octanol–water partition coefficient (Wildman–Crippen LogP) is 3.33. The van der Waals surface area contributed by atoms with Gasteiger partial charge in [-0.3, -0.25) is 4.99 Å². The number of amides is 1. The number of hydrogen-bond acceptors (Lipinski definition) is 4. The maximum Gasteiger partial charge on any atom is 0.407 e. The van der Waals surface area contributed by atoms with E-state index in [0.717, 1.165) is 31.1 Å². The van der Waals surface area contributed by atoms with Crippen LogP contribution in [-0.2, 0) is 11.2 Å². The molecule has 0 aliphatic heterocycles. The summed E-state index contributed by atoms with van der Waals surface area (Å²) in [4.78, 5) is 15.8. The number of carbonyl (C=O) groups excluding carboxylic acids is 1. The average molecular weight is 506 g/mol. The van der Waals surface area contributed by atoms with Gasteiger partial charge in [-0.1, -0.05) is 18.2 Å². The average Bonchev–Trinajstić information content (AvgIpc) is 2.60. The fourth-order valence-corrected chi connectivity index (χ4v) is 2.34. The molecule has 28 heavy (non-hydrogen) atoms. The van der Waals surface area contributed by atoms with Crippen LogP contribution >= 0.6 is 24.0 Å². The van der Waals surface area contributed by atoms with Crippen LogP contribution in [0.3, 0.4) is 0 Å². The lowest BCUT2D eigenvalue weighted by Gasteiger charge is -2.19. The van der Waals surface area contributed by atoms with E-state index in [1.165, 1.54) is 5.56 Å². The summed E-state index contributed by atoms with van der Waals surface area (Å²) >= 11 is 0. The van der Waals surface area contributed by atoms with E-state index in [2.05, 4.69) is 27.0 Å². The molecular weight excluding hydrogens is 471 g/mol. The Morgan fingerprint density at radius 3 is 2.36 bits per heavy atom. The number of nitrogens with zero attached hydrogens (tertiary/aromatic N) is 1. The lowest BCUT2D eigenvalue weighted by molar-refractivity contribution is 0.0527. The van der Waals surface area contributed by atoms with E-state index in [-0.39, 0.29) is 24.0 Å². The summed E-state index contributed by atoms with van der Waals surface area (Å²) < 4.78 is 10.8. The quantitative estimate of drug-likeness (QED) is 0.207. The van der Waals surface area contributed by atoms with Crippen LogP contribution in [0, 0.1) is 0 Å². The van der Waals surface area contributed by atoms with Gasteiger partial charge in [0.25, 0.3) is 0 Å². The topological polar surface area (TPSA) is 84.0 Å². The number of alkyl carbamates (subject to hydrolysis) is 1. The number of hydrogen-bond donors (Lipinski definition) is 3. The van der Waals surface area contributed by atoms with Gasteiger partial charge in [-0.05, 0) is 52.2 Å². The van der Waals surface area contributed by atoms with Crippen molar-refractivity contribution in [3.05, 3.63) is 29.8 Å². The van der Waals surface area contributed by atoms with E-state index >= 15 is 0 Å². The monoisotopic (exact) mass is 506 g/mol. The molecule has 0 fully saturated rings. The predicted molar refractivity (Wildman–Crippen MR) is 125 cm³/mol. The molecule has 0 aliphatic rings. The number of guanidine groups is 1. The highest BCUT2D eigenvalue weighted by molar-refractivity contribution is 14.0. The second-order valence-electron chi connectivity index (χ2n) is 7.00. The number of halogens is 1. The van der Waals surface area contributed by atoms with Crippen LogP contribution in [0.5, 0.6) is 5.75 Å². The molecule has 0 aliphatic carbocycles. The minimum absolute atomic E-state index is 0. The summed E-state index contributed by atoms with van der Waals surface area (Å²) in [5.41, 5.74) is 0.693. The third-order valence-corrected chi connectivity index (χ3v) is 3.50. The van der Waals surface area contributed by atoms with E-state index in [4.69, 9.17) is 9.47 Å². The standard InChI is InChI=1S/C20H34N4O3.HI/c1-6-26-17-11-8-7-10-16(17)12-15-23-18(21-5)22-13-9-14-24-19(25)27-20(2,3)4;/h7-8,10-11H,6,9,12-15H2,1-5H3,(H,24,25)(H2,21,22,23);1H. The Hall–Kier alpha value is -1.71. The molecule has 0 bridgehead atoms. The fourth-order valence-electron chi connectivity index (χ4n) is 2.34. The van der Waals surface area contributed by atoms with Crippen molar-refractivity contribution in [1.82, 2.24) is 16.0 Å². The summed E-state index contributed by atoms with van der Waals surface area (Å²) in [6.07, 6.45) is 1.22. The zero-order valence-electron chi connectivity index (χ0n) is 17.6. The molecule has 0 spiro atoms. The highest BCUT2D eigenvalue weighted by Gasteiger charge is 2.15. The van der Waals surface area contributed by atoms with Gasteiger partial charge in [0.2, 0.25) is 0 Å². The first-order chi connectivity index (χ1) is 12.9. The van der Waals surface area contributed by atoms with Crippen molar-refractivity contribution in [2.24, 2.45) is 4.99 Å². The molecule has 1 amide bonds. The van der Waals surface area contributed by atoms with E-state index in [9.17, 15) is 4.79 Å². The summed E-state index contributed by atoms with van der Waals surface area (Å²) in [5.74, 6) is 1.67. The van der Waals surface area contributed by atoms with Crippen molar-refractivity contribution in [3.63, 3.8) is 0 Å². The molecule has 7 nitrogen and oxygen atoms in total. The van der Waals surface area contributed by atoms with Gasteiger partial charge < -0.3 is 25.4 Å². The first kappa shape index (κ1) is 26.3. The number of nitrogens with one attached hydrogen (secondary N) is 3. The van der Waals surface area contributed by atoms with Gasteiger partial charge in [0.15, 0.2) is 5.96 Å². The van der Waals surface area contributed by atoms with Crippen molar-refractivity contribution in [2.75, 3.05) is 33.3 Å². The number of ether oxygens (including phenoxy) is 2. The fraction of sp³-hybridized carbons (Fsp3) is 0.600. The van der Waals surface area contributed by atoms with Gasteiger partial charge in [-0.2, -0.15) is 0 Å². The van der Waals surface area contributed by atoms with Crippen molar-refractivity contribution < 1.29 is 14.3 Å². The van der Waals surface area contributed by atoms with Crippen molar-refractivity contribution in [1.29, 1.82) is 0 Å². The molecule has 0 unspecified atom stereocenters. The van der Waals surface area contributed by atoms with Crippen LogP contribution in [0.25, 0.3) is 0 Å². The maximum absolute atomic E-state index is 11.6. The first-order valence-electron chi connectivity index (χ1n) is 9.47. The highest BCUT2D eigenvalue weighted by Crippen LogP contribution is 2.17. The molecular formula is C20H35IN4O3. The summed E-state index contributed by atoms with van der Waals surface area (Å²) in [6, 6.07) is 8.06. The number of aliphatic imine (C=N–C) groups is 1. The van der Waals surface area contributed by atoms with Crippen molar-refractivity contribution in [3.8, 4) is 5.75 Å². The molecule has 3 N–H and O–H groups in total. The highest BCUT2D eigenvalue weighted by atomic mass is 127. The van der Waals surface area contributed by atoms with Gasteiger partial charge >= 0.3 is 6.09 Å². The Balaban J connectivity index is 0.00000729. The maximum atomic E-state index is 11.6. The Morgan fingerprint density at radius 2 is 1.71 bits per heavy atom. The van der Waals surface area contributed by atoms with Gasteiger partial charge in [0, 0.05) is 26.7 Å². The molecule has 1 rings (SSSR count).